The molecule has 5 nitrogen and oxygen atoms in total. The zero-order chi connectivity index (χ0) is 13.9. The molecule has 1 unspecified atom stereocenters. The maximum absolute atomic E-state index is 12.5. The van der Waals surface area contributed by atoms with E-state index >= 15 is 0 Å². The van der Waals surface area contributed by atoms with Crippen LogP contribution in [0.1, 0.15) is 18.9 Å². The summed E-state index contributed by atoms with van der Waals surface area (Å²) in [5, 5.41) is 8.97. The molecule has 19 heavy (non-hydrogen) atoms. The van der Waals surface area contributed by atoms with Crippen LogP contribution in [0, 0.1) is 0 Å². The van der Waals surface area contributed by atoms with Crippen molar-refractivity contribution in [3.8, 4) is 0 Å². The number of morpholine rings is 1. The minimum Gasteiger partial charge on any atom is -0.392 e. The molecule has 1 N–H and O–H groups in total. The Kier molecular flexibility index (Phi) is 4.57. The van der Waals surface area contributed by atoms with Crippen LogP contribution in [0.5, 0.6) is 0 Å². The van der Waals surface area contributed by atoms with E-state index in [1.807, 2.05) is 6.92 Å². The van der Waals surface area contributed by atoms with Gasteiger partial charge in [0, 0.05) is 13.1 Å². The van der Waals surface area contributed by atoms with Gasteiger partial charge >= 0.3 is 0 Å². The first-order chi connectivity index (χ1) is 9.07. The van der Waals surface area contributed by atoms with E-state index in [4.69, 9.17) is 9.84 Å². The first kappa shape index (κ1) is 14.5. The van der Waals surface area contributed by atoms with Crippen molar-refractivity contribution in [2.75, 3.05) is 19.7 Å². The predicted octanol–water partition coefficient (Wildman–Crippen LogP) is 0.978. The first-order valence-corrected chi connectivity index (χ1v) is 7.83. The lowest BCUT2D eigenvalue weighted by atomic mass is 10.2. The number of nitrogens with zero attached hydrogens (tertiary/aromatic N) is 1. The summed E-state index contributed by atoms with van der Waals surface area (Å²) < 4.78 is 31.9. The highest BCUT2D eigenvalue weighted by atomic mass is 32.2. The van der Waals surface area contributed by atoms with Crippen molar-refractivity contribution in [3.63, 3.8) is 0 Å². The van der Waals surface area contributed by atoms with Gasteiger partial charge in [-0.2, -0.15) is 4.31 Å². The van der Waals surface area contributed by atoms with E-state index in [9.17, 15) is 8.42 Å². The quantitative estimate of drug-likeness (QED) is 0.895. The van der Waals surface area contributed by atoms with Crippen LogP contribution in [-0.4, -0.2) is 43.6 Å². The third-order valence-electron chi connectivity index (χ3n) is 3.30. The van der Waals surface area contributed by atoms with Crippen molar-refractivity contribution in [1.82, 2.24) is 4.31 Å². The predicted molar refractivity (Wildman–Crippen MR) is 71.2 cm³/mol. The molecule has 1 atom stereocenters. The van der Waals surface area contributed by atoms with E-state index in [2.05, 4.69) is 0 Å². The molecule has 0 saturated carbocycles. The monoisotopic (exact) mass is 285 g/mol. The van der Waals surface area contributed by atoms with E-state index in [1.54, 1.807) is 12.1 Å². The first-order valence-electron chi connectivity index (χ1n) is 6.39. The van der Waals surface area contributed by atoms with Gasteiger partial charge in [-0.05, 0) is 24.1 Å². The zero-order valence-corrected chi connectivity index (χ0v) is 11.8. The van der Waals surface area contributed by atoms with Gasteiger partial charge in [-0.1, -0.05) is 19.1 Å². The molecule has 0 amide bonds. The minimum atomic E-state index is -3.46. The zero-order valence-electron chi connectivity index (χ0n) is 10.9. The van der Waals surface area contributed by atoms with E-state index in [0.717, 1.165) is 6.42 Å². The molecule has 0 bridgehead atoms. The fourth-order valence-electron chi connectivity index (χ4n) is 2.07. The fraction of sp³-hybridized carbons (Fsp3) is 0.538. The fourth-order valence-corrected chi connectivity index (χ4v) is 3.53. The van der Waals surface area contributed by atoms with Crippen LogP contribution in [0.4, 0.5) is 0 Å². The second-order valence-electron chi connectivity index (χ2n) is 4.57. The summed E-state index contributed by atoms with van der Waals surface area (Å²) >= 11 is 0. The SMILES string of the molecule is CCC1CN(S(=O)(=O)c2ccc(CO)cc2)CCO1. The second-order valence-corrected chi connectivity index (χ2v) is 6.50. The van der Waals surface area contributed by atoms with Crippen LogP contribution in [0.25, 0.3) is 0 Å². The smallest absolute Gasteiger partial charge is 0.243 e. The van der Waals surface area contributed by atoms with E-state index in [1.165, 1.54) is 16.4 Å². The number of hydrogen-bond acceptors (Lipinski definition) is 4. The van der Waals surface area contributed by atoms with Crippen molar-refractivity contribution in [3.05, 3.63) is 29.8 Å². The number of hydrogen-bond donors (Lipinski definition) is 1. The molecule has 1 fully saturated rings. The van der Waals surface area contributed by atoms with Crippen LogP contribution in [0.2, 0.25) is 0 Å². The summed E-state index contributed by atoms with van der Waals surface area (Å²) in [6.07, 6.45) is 0.774. The Morgan fingerprint density at radius 3 is 2.63 bits per heavy atom. The maximum Gasteiger partial charge on any atom is 0.243 e. The Morgan fingerprint density at radius 2 is 2.05 bits per heavy atom. The molecule has 1 aliphatic heterocycles. The molecule has 6 heteroatoms. The van der Waals surface area contributed by atoms with E-state index < -0.39 is 10.0 Å². The molecule has 2 rings (SSSR count). The average Bonchev–Trinajstić information content (AvgIpc) is 2.47. The minimum absolute atomic E-state index is 0.0276. The molecule has 1 heterocycles. The van der Waals surface area contributed by atoms with Gasteiger partial charge in [0.15, 0.2) is 0 Å². The molecule has 0 aliphatic carbocycles. The average molecular weight is 285 g/mol. The number of aliphatic hydroxyl groups is 1. The van der Waals surface area contributed by atoms with Gasteiger partial charge in [-0.25, -0.2) is 8.42 Å². The highest BCUT2D eigenvalue weighted by molar-refractivity contribution is 7.89. The number of ether oxygens (including phenoxy) is 1. The Balaban J connectivity index is 2.20. The molecule has 1 saturated heterocycles. The summed E-state index contributed by atoms with van der Waals surface area (Å²) in [6.45, 7) is 3.13. The van der Waals surface area contributed by atoms with Crippen molar-refractivity contribution in [2.45, 2.75) is 31.0 Å². The van der Waals surface area contributed by atoms with Gasteiger partial charge in [-0.15, -0.1) is 0 Å². The Bertz CT molecular complexity index is 512. The van der Waals surface area contributed by atoms with Crippen molar-refractivity contribution >= 4 is 10.0 Å². The standard InChI is InChI=1S/C13H19NO4S/c1-2-12-9-14(7-8-18-12)19(16,17)13-5-3-11(10-15)4-6-13/h3-6,12,15H,2,7-10H2,1H3. The van der Waals surface area contributed by atoms with Gasteiger partial charge in [0.1, 0.15) is 0 Å². The summed E-state index contributed by atoms with van der Waals surface area (Å²) in [5.74, 6) is 0. The summed E-state index contributed by atoms with van der Waals surface area (Å²) in [5.41, 5.74) is 0.701. The third-order valence-corrected chi connectivity index (χ3v) is 5.18. The lowest BCUT2D eigenvalue weighted by molar-refractivity contribution is -0.00277. The number of rotatable bonds is 4. The topological polar surface area (TPSA) is 66.8 Å². The maximum atomic E-state index is 12.5. The van der Waals surface area contributed by atoms with Crippen molar-refractivity contribution in [1.29, 1.82) is 0 Å². The van der Waals surface area contributed by atoms with Crippen LogP contribution in [0.15, 0.2) is 29.2 Å². The van der Waals surface area contributed by atoms with Gasteiger partial charge in [0.05, 0.1) is 24.2 Å². The van der Waals surface area contributed by atoms with Crippen LogP contribution >= 0.6 is 0 Å². The van der Waals surface area contributed by atoms with Gasteiger partial charge in [0.25, 0.3) is 0 Å². The van der Waals surface area contributed by atoms with Gasteiger partial charge in [0.2, 0.25) is 10.0 Å². The highest BCUT2D eigenvalue weighted by Gasteiger charge is 2.29. The number of sulfonamides is 1. The Labute approximate surface area is 113 Å². The molecular weight excluding hydrogens is 266 g/mol. The van der Waals surface area contributed by atoms with Crippen molar-refractivity contribution < 1.29 is 18.3 Å². The van der Waals surface area contributed by atoms with Crippen LogP contribution in [-0.2, 0) is 21.4 Å². The van der Waals surface area contributed by atoms with Crippen LogP contribution < -0.4 is 0 Å². The lowest BCUT2D eigenvalue weighted by Crippen LogP contribution is -2.45. The molecule has 1 aliphatic rings. The molecular formula is C13H19NO4S. The lowest BCUT2D eigenvalue weighted by Gasteiger charge is -2.31. The summed E-state index contributed by atoms with van der Waals surface area (Å²) in [6, 6.07) is 6.34. The largest absolute Gasteiger partial charge is 0.392 e. The molecule has 0 spiro atoms. The normalized spacial score (nSPS) is 21.5. The summed E-state index contributed by atoms with van der Waals surface area (Å²) in [4.78, 5) is 0.265. The molecule has 1 aromatic carbocycles. The summed E-state index contributed by atoms with van der Waals surface area (Å²) in [7, 11) is -3.46. The Morgan fingerprint density at radius 1 is 1.37 bits per heavy atom. The van der Waals surface area contributed by atoms with E-state index in [0.29, 0.717) is 25.3 Å². The Hall–Kier alpha value is -0.950. The highest BCUT2D eigenvalue weighted by Crippen LogP contribution is 2.20. The molecule has 0 radical (unpaired) electrons. The third kappa shape index (κ3) is 3.14. The second kappa shape index (κ2) is 6.00. The number of aliphatic hydroxyl groups excluding tert-OH is 1. The molecule has 0 aromatic heterocycles. The molecule has 1 aromatic rings. The van der Waals surface area contributed by atoms with Crippen molar-refractivity contribution in [2.24, 2.45) is 0 Å². The number of benzene rings is 1. The van der Waals surface area contributed by atoms with Crippen LogP contribution in [0.3, 0.4) is 0 Å². The molecule has 106 valence electrons. The van der Waals surface area contributed by atoms with Gasteiger partial charge in [-0.3, -0.25) is 0 Å². The van der Waals surface area contributed by atoms with E-state index in [-0.39, 0.29) is 17.6 Å². The van der Waals surface area contributed by atoms with Gasteiger partial charge < -0.3 is 9.84 Å².